The third-order valence-electron chi connectivity index (χ3n) is 4.07. The number of para-hydroxylation sites is 1. The van der Waals surface area contributed by atoms with E-state index in [9.17, 15) is 4.79 Å². The van der Waals surface area contributed by atoms with Gasteiger partial charge in [0.15, 0.2) is 0 Å². The Hall–Kier alpha value is -2.86. The van der Waals surface area contributed by atoms with E-state index in [0.717, 1.165) is 24.2 Å². The number of pyridine rings is 1. The van der Waals surface area contributed by atoms with Crippen molar-refractivity contribution in [2.24, 2.45) is 5.73 Å². The number of carbonyl (C=O) groups is 1. The van der Waals surface area contributed by atoms with E-state index < -0.39 is 0 Å². The first-order chi connectivity index (χ1) is 12.7. The van der Waals surface area contributed by atoms with Gasteiger partial charge in [0.2, 0.25) is 0 Å². The van der Waals surface area contributed by atoms with Gasteiger partial charge in [0.25, 0.3) is 5.91 Å². The molecule has 2 heterocycles. The van der Waals surface area contributed by atoms with Crippen molar-refractivity contribution in [2.45, 2.75) is 26.4 Å². The third kappa shape index (κ3) is 4.40. The summed E-state index contributed by atoms with van der Waals surface area (Å²) in [6.07, 6.45) is 5.73. The number of imidazole rings is 1. The molecule has 0 saturated heterocycles. The molecule has 0 unspecified atom stereocenters. The average molecular weight is 352 g/mol. The molecule has 0 spiro atoms. The number of nitrogens with one attached hydrogen (secondary N) is 1. The summed E-state index contributed by atoms with van der Waals surface area (Å²) in [5.74, 6) is 0.417. The number of nitrogens with two attached hydrogens (primary N) is 1. The van der Waals surface area contributed by atoms with Crippen molar-refractivity contribution in [3.63, 3.8) is 0 Å². The number of aryl methyl sites for hydroxylation is 1. The van der Waals surface area contributed by atoms with Gasteiger partial charge in [-0.25, -0.2) is 4.98 Å². The van der Waals surface area contributed by atoms with Crippen LogP contribution < -0.4 is 15.8 Å². The van der Waals surface area contributed by atoms with Crippen LogP contribution in [0.15, 0.2) is 48.8 Å². The highest BCUT2D eigenvalue weighted by Crippen LogP contribution is 2.19. The van der Waals surface area contributed by atoms with Crippen LogP contribution in [0.4, 0.5) is 0 Å². The molecule has 1 amide bonds. The Morgan fingerprint density at radius 3 is 2.88 bits per heavy atom. The number of ether oxygens (including phenoxy) is 1. The number of fused-ring (bicyclic) bond motifs is 1. The van der Waals surface area contributed by atoms with Gasteiger partial charge < -0.3 is 20.2 Å². The Morgan fingerprint density at radius 1 is 1.19 bits per heavy atom. The molecule has 0 saturated carbocycles. The molecule has 136 valence electrons. The van der Waals surface area contributed by atoms with Crippen LogP contribution in [0, 0.1) is 6.92 Å². The Labute approximate surface area is 153 Å². The fourth-order valence-corrected chi connectivity index (χ4v) is 2.72. The number of rotatable bonds is 8. The van der Waals surface area contributed by atoms with Gasteiger partial charge in [-0.3, -0.25) is 4.79 Å². The predicted molar refractivity (Wildman–Crippen MR) is 101 cm³/mol. The summed E-state index contributed by atoms with van der Waals surface area (Å²) in [4.78, 5) is 16.9. The zero-order valence-corrected chi connectivity index (χ0v) is 14.9. The van der Waals surface area contributed by atoms with Gasteiger partial charge in [0, 0.05) is 18.9 Å². The van der Waals surface area contributed by atoms with Crippen molar-refractivity contribution in [3.05, 3.63) is 65.6 Å². The molecule has 0 radical (unpaired) electrons. The van der Waals surface area contributed by atoms with Crippen LogP contribution in [0.2, 0.25) is 0 Å². The normalized spacial score (nSPS) is 10.8. The molecule has 6 heteroatoms. The monoisotopic (exact) mass is 352 g/mol. The highest BCUT2D eigenvalue weighted by atomic mass is 16.5. The summed E-state index contributed by atoms with van der Waals surface area (Å²) in [6.45, 7) is 3.58. The first-order valence-electron chi connectivity index (χ1n) is 8.81. The minimum absolute atomic E-state index is 0.136. The average Bonchev–Trinajstić information content (AvgIpc) is 3.05. The van der Waals surface area contributed by atoms with Gasteiger partial charge in [0.1, 0.15) is 18.0 Å². The number of nitrogens with zero attached hydrogens (tertiary/aromatic N) is 2. The van der Waals surface area contributed by atoms with E-state index in [1.807, 2.05) is 48.0 Å². The third-order valence-corrected chi connectivity index (χ3v) is 4.07. The van der Waals surface area contributed by atoms with Crippen molar-refractivity contribution in [2.75, 3.05) is 13.1 Å². The number of hydrogen-bond donors (Lipinski definition) is 2. The summed E-state index contributed by atoms with van der Waals surface area (Å²) >= 11 is 0. The topological polar surface area (TPSA) is 81.6 Å². The molecule has 26 heavy (non-hydrogen) atoms. The zero-order chi connectivity index (χ0) is 18.4. The fraction of sp³-hybridized carbons (Fsp3) is 0.300. The maximum Gasteiger partial charge on any atom is 0.255 e. The lowest BCUT2D eigenvalue weighted by Gasteiger charge is -2.11. The summed E-state index contributed by atoms with van der Waals surface area (Å²) in [5, 5.41) is 2.91. The SMILES string of the molecule is Cc1ccc2nc(COc3ccccc3C(=O)NCCCCN)cn2c1. The van der Waals surface area contributed by atoms with E-state index in [-0.39, 0.29) is 5.91 Å². The van der Waals surface area contributed by atoms with Gasteiger partial charge in [0.05, 0.1) is 11.3 Å². The number of unbranched alkanes of at least 4 members (excludes halogenated alkanes) is 1. The molecule has 0 aliphatic rings. The van der Waals surface area contributed by atoms with Crippen LogP contribution in [0.25, 0.3) is 5.65 Å². The lowest BCUT2D eigenvalue weighted by atomic mass is 10.2. The second-order valence-corrected chi connectivity index (χ2v) is 6.24. The molecule has 0 bridgehead atoms. The van der Waals surface area contributed by atoms with Crippen LogP contribution >= 0.6 is 0 Å². The summed E-state index contributed by atoms with van der Waals surface area (Å²) < 4.78 is 7.85. The quantitative estimate of drug-likeness (QED) is 0.611. The second-order valence-electron chi connectivity index (χ2n) is 6.24. The fourth-order valence-electron chi connectivity index (χ4n) is 2.72. The minimum Gasteiger partial charge on any atom is -0.486 e. The molecule has 3 N–H and O–H groups in total. The lowest BCUT2D eigenvalue weighted by molar-refractivity contribution is 0.0948. The highest BCUT2D eigenvalue weighted by molar-refractivity contribution is 5.96. The van der Waals surface area contributed by atoms with Crippen molar-refractivity contribution >= 4 is 11.6 Å². The van der Waals surface area contributed by atoms with Gasteiger partial charge >= 0.3 is 0 Å². The predicted octanol–water partition coefficient (Wildman–Crippen LogP) is 2.69. The molecule has 0 aliphatic carbocycles. The van der Waals surface area contributed by atoms with Gasteiger partial charge in [-0.2, -0.15) is 0 Å². The number of aromatic nitrogens is 2. The number of carbonyl (C=O) groups excluding carboxylic acids is 1. The van der Waals surface area contributed by atoms with E-state index in [2.05, 4.69) is 10.3 Å². The molecule has 2 aromatic heterocycles. The standard InChI is InChI=1S/C20H24N4O2/c1-15-8-9-19-23-16(13-24(19)12-15)14-26-18-7-3-2-6-17(18)20(25)22-11-5-4-10-21/h2-3,6-9,12-13H,4-5,10-11,14,21H2,1H3,(H,22,25). The minimum atomic E-state index is -0.136. The van der Waals surface area contributed by atoms with Gasteiger partial charge in [-0.1, -0.05) is 18.2 Å². The molecule has 1 aromatic carbocycles. The molecule has 3 aromatic rings. The molecule has 6 nitrogen and oxygen atoms in total. The lowest BCUT2D eigenvalue weighted by Crippen LogP contribution is -2.25. The molecule has 0 atom stereocenters. The number of hydrogen-bond acceptors (Lipinski definition) is 4. The van der Waals surface area contributed by atoms with E-state index in [1.54, 1.807) is 12.1 Å². The van der Waals surface area contributed by atoms with Gasteiger partial charge in [-0.15, -0.1) is 0 Å². The molecule has 3 rings (SSSR count). The van der Waals surface area contributed by atoms with Gasteiger partial charge in [-0.05, 0) is 50.1 Å². The van der Waals surface area contributed by atoms with Crippen LogP contribution in [-0.2, 0) is 6.61 Å². The van der Waals surface area contributed by atoms with Crippen LogP contribution in [0.1, 0.15) is 34.5 Å². The first-order valence-corrected chi connectivity index (χ1v) is 8.81. The largest absolute Gasteiger partial charge is 0.486 e. The highest BCUT2D eigenvalue weighted by Gasteiger charge is 2.12. The van der Waals surface area contributed by atoms with E-state index in [0.29, 0.717) is 31.0 Å². The summed E-state index contributed by atoms with van der Waals surface area (Å²) in [7, 11) is 0. The Kier molecular flexibility index (Phi) is 5.86. The summed E-state index contributed by atoms with van der Waals surface area (Å²) in [6, 6.07) is 11.2. The Bertz CT molecular complexity index is 888. The van der Waals surface area contributed by atoms with Crippen LogP contribution in [-0.4, -0.2) is 28.4 Å². The number of amides is 1. The Balaban J connectivity index is 1.66. The van der Waals surface area contributed by atoms with E-state index >= 15 is 0 Å². The van der Waals surface area contributed by atoms with Crippen molar-refractivity contribution < 1.29 is 9.53 Å². The van der Waals surface area contributed by atoms with Crippen molar-refractivity contribution in [1.29, 1.82) is 0 Å². The maximum absolute atomic E-state index is 12.4. The Morgan fingerprint density at radius 2 is 2.04 bits per heavy atom. The first kappa shape index (κ1) is 17.9. The molecule has 0 aliphatic heterocycles. The molecular weight excluding hydrogens is 328 g/mol. The summed E-state index contributed by atoms with van der Waals surface area (Å²) in [5.41, 5.74) is 8.85. The van der Waals surface area contributed by atoms with Crippen LogP contribution in [0.5, 0.6) is 5.75 Å². The number of benzene rings is 1. The van der Waals surface area contributed by atoms with Crippen molar-refractivity contribution in [1.82, 2.24) is 14.7 Å². The molecule has 0 fully saturated rings. The van der Waals surface area contributed by atoms with Crippen LogP contribution in [0.3, 0.4) is 0 Å². The zero-order valence-electron chi connectivity index (χ0n) is 14.9. The van der Waals surface area contributed by atoms with E-state index in [4.69, 9.17) is 10.5 Å². The maximum atomic E-state index is 12.4. The van der Waals surface area contributed by atoms with E-state index in [1.165, 1.54) is 5.56 Å². The smallest absolute Gasteiger partial charge is 0.255 e. The second kappa shape index (κ2) is 8.49. The van der Waals surface area contributed by atoms with Crippen molar-refractivity contribution in [3.8, 4) is 5.75 Å². The molecular formula is C20H24N4O2.